The lowest BCUT2D eigenvalue weighted by Crippen LogP contribution is -2.40. The number of rotatable bonds is 7. The first-order chi connectivity index (χ1) is 21.6. The summed E-state index contributed by atoms with van der Waals surface area (Å²) in [7, 11) is 0. The van der Waals surface area contributed by atoms with E-state index in [9.17, 15) is 19.7 Å². The number of halogens is 2. The normalized spacial score (nSPS) is 14.9. The highest BCUT2D eigenvalue weighted by molar-refractivity contribution is 7.07. The number of aryl methyl sites for hydroxylation is 1. The van der Waals surface area contributed by atoms with Crippen molar-refractivity contribution in [3.63, 3.8) is 0 Å². The van der Waals surface area contributed by atoms with Crippen molar-refractivity contribution in [3.8, 4) is 0 Å². The maximum Gasteiger partial charge on any atom is 0.338 e. The summed E-state index contributed by atoms with van der Waals surface area (Å²) < 4.78 is 9.23. The van der Waals surface area contributed by atoms with Crippen molar-refractivity contribution in [2.24, 2.45) is 4.99 Å². The van der Waals surface area contributed by atoms with E-state index in [-0.39, 0.29) is 23.4 Å². The van der Waals surface area contributed by atoms with E-state index >= 15 is 0 Å². The van der Waals surface area contributed by atoms with Gasteiger partial charge in [-0.1, -0.05) is 70.9 Å². The monoisotopic (exact) mass is 660 g/mol. The Morgan fingerprint density at radius 3 is 2.64 bits per heavy atom. The molecule has 1 aliphatic rings. The largest absolute Gasteiger partial charge is 0.463 e. The van der Waals surface area contributed by atoms with Crippen LogP contribution >= 0.6 is 34.5 Å². The number of para-hydroxylation sites is 1. The van der Waals surface area contributed by atoms with Gasteiger partial charge in [-0.05, 0) is 56.2 Å². The molecule has 0 unspecified atom stereocenters. The minimum atomic E-state index is -0.963. The number of nitro benzene ring substituents is 1. The van der Waals surface area contributed by atoms with Gasteiger partial charge in [0.1, 0.15) is 0 Å². The lowest BCUT2D eigenvalue weighted by atomic mass is 9.94. The zero-order chi connectivity index (χ0) is 32.0. The van der Waals surface area contributed by atoms with Crippen LogP contribution in [0.15, 0.2) is 87.9 Å². The van der Waals surface area contributed by atoms with Crippen LogP contribution < -0.4 is 14.9 Å². The first-order valence-electron chi connectivity index (χ1n) is 14.0. The number of hydrogen-bond acceptors (Lipinski definition) is 7. The van der Waals surface area contributed by atoms with Gasteiger partial charge in [0.25, 0.3) is 11.2 Å². The van der Waals surface area contributed by atoms with Crippen LogP contribution in [0.25, 0.3) is 17.0 Å². The van der Waals surface area contributed by atoms with Crippen LogP contribution in [0.5, 0.6) is 0 Å². The number of fused-ring (bicyclic) bond motifs is 2. The summed E-state index contributed by atoms with van der Waals surface area (Å²) in [4.78, 5) is 43.7. The fourth-order valence-corrected chi connectivity index (χ4v) is 7.10. The van der Waals surface area contributed by atoms with Gasteiger partial charge in [-0.3, -0.25) is 19.5 Å². The molecule has 45 heavy (non-hydrogen) atoms. The number of carbonyl (C=O) groups is 1. The smallest absolute Gasteiger partial charge is 0.338 e. The summed E-state index contributed by atoms with van der Waals surface area (Å²) in [5.74, 6) is -0.634. The van der Waals surface area contributed by atoms with Gasteiger partial charge in [0.15, 0.2) is 4.80 Å². The molecule has 0 saturated heterocycles. The molecular formula is C33H26Cl2N4O5S. The Kier molecular flexibility index (Phi) is 8.22. The summed E-state index contributed by atoms with van der Waals surface area (Å²) in [5, 5.41) is 13.9. The first-order valence-corrected chi connectivity index (χ1v) is 15.6. The van der Waals surface area contributed by atoms with E-state index in [1.54, 1.807) is 45.0 Å². The molecular weight excluding hydrogens is 635 g/mol. The number of benzene rings is 3. The van der Waals surface area contributed by atoms with Gasteiger partial charge in [-0.25, -0.2) is 9.79 Å². The van der Waals surface area contributed by atoms with Gasteiger partial charge < -0.3 is 9.30 Å². The number of ether oxygens (including phenoxy) is 1. The number of allylic oxidation sites excluding steroid dienone is 1. The van der Waals surface area contributed by atoms with E-state index < -0.39 is 16.9 Å². The number of aromatic nitrogens is 2. The van der Waals surface area contributed by atoms with Crippen molar-refractivity contribution in [3.05, 3.63) is 140 Å². The standard InChI is InChI=1S/C33H26Cl2N4O5S/c1-4-44-32(41)29-19(3)36-33-38(30(29)20-10-9-18(2)27(13-20)39(42)43)31(40)28(45-33)14-22-17-37(26-8-6-5-7-24(22)26)16-21-11-12-23(34)15-25(21)35/h5-15,17,30H,4,16H2,1-3H3/b28-14+/t30-/m1/s1. The van der Waals surface area contributed by atoms with Gasteiger partial charge in [0.2, 0.25) is 0 Å². The molecule has 1 atom stereocenters. The van der Waals surface area contributed by atoms with Crippen molar-refractivity contribution >= 4 is 63.2 Å². The first kappa shape index (κ1) is 30.5. The van der Waals surface area contributed by atoms with Crippen molar-refractivity contribution in [2.45, 2.75) is 33.4 Å². The maximum atomic E-state index is 14.2. The second-order valence-corrected chi connectivity index (χ2v) is 12.4. The number of carbonyl (C=O) groups excluding carboxylic acids is 1. The zero-order valence-electron chi connectivity index (χ0n) is 24.4. The number of hydrogen-bond donors (Lipinski definition) is 0. The SMILES string of the molecule is CCOC(=O)C1=C(C)N=c2s/c(=C/c3cn(Cc4ccc(Cl)cc4Cl)c4ccccc34)c(=O)n2[C@@H]1c1ccc(C)c([N+](=O)[O-])c1. The average Bonchev–Trinajstić information content (AvgIpc) is 3.50. The molecule has 0 spiro atoms. The van der Waals surface area contributed by atoms with Crippen LogP contribution in [0, 0.1) is 17.0 Å². The van der Waals surface area contributed by atoms with Gasteiger partial charge in [0, 0.05) is 50.9 Å². The van der Waals surface area contributed by atoms with E-state index in [2.05, 4.69) is 9.56 Å². The van der Waals surface area contributed by atoms with E-state index in [0.717, 1.165) is 22.0 Å². The Bertz CT molecular complexity index is 2250. The molecule has 12 heteroatoms. The number of esters is 1. The summed E-state index contributed by atoms with van der Waals surface area (Å²) in [6.45, 7) is 5.60. The van der Waals surface area contributed by atoms with Crippen molar-refractivity contribution < 1.29 is 14.5 Å². The Morgan fingerprint density at radius 2 is 1.91 bits per heavy atom. The molecule has 0 amide bonds. The molecule has 3 heterocycles. The lowest BCUT2D eigenvalue weighted by molar-refractivity contribution is -0.385. The van der Waals surface area contributed by atoms with Crippen molar-refractivity contribution in [1.82, 2.24) is 9.13 Å². The van der Waals surface area contributed by atoms with E-state index in [1.807, 2.05) is 42.6 Å². The minimum absolute atomic E-state index is 0.110. The third-order valence-electron chi connectivity index (χ3n) is 7.72. The molecule has 0 aliphatic carbocycles. The third-order valence-corrected chi connectivity index (χ3v) is 9.29. The third kappa shape index (κ3) is 5.61. The second-order valence-electron chi connectivity index (χ2n) is 10.6. The topological polar surface area (TPSA) is 109 Å². The molecule has 0 bridgehead atoms. The van der Waals surface area contributed by atoms with Crippen molar-refractivity contribution in [1.29, 1.82) is 0 Å². The summed E-state index contributed by atoms with van der Waals surface area (Å²) in [5.41, 5.74) is 3.58. The summed E-state index contributed by atoms with van der Waals surface area (Å²) in [6, 6.07) is 17.0. The molecule has 228 valence electrons. The Morgan fingerprint density at radius 1 is 1.13 bits per heavy atom. The molecule has 0 saturated carbocycles. The highest BCUT2D eigenvalue weighted by Crippen LogP contribution is 2.33. The predicted octanol–water partition coefficient (Wildman–Crippen LogP) is 6.32. The van der Waals surface area contributed by atoms with Gasteiger partial charge in [-0.15, -0.1) is 0 Å². The fraction of sp³-hybridized carbons (Fsp3) is 0.182. The maximum absolute atomic E-state index is 14.2. The zero-order valence-corrected chi connectivity index (χ0v) is 26.7. The number of thiazole rings is 1. The van der Waals surface area contributed by atoms with Crippen LogP contribution in [0.1, 0.15) is 42.1 Å². The summed E-state index contributed by atoms with van der Waals surface area (Å²) >= 11 is 13.8. The van der Waals surface area contributed by atoms with Crippen LogP contribution in [0.4, 0.5) is 5.69 Å². The molecule has 0 fully saturated rings. The number of nitrogens with zero attached hydrogens (tertiary/aromatic N) is 4. The summed E-state index contributed by atoms with van der Waals surface area (Å²) in [6.07, 6.45) is 3.77. The Balaban J connectivity index is 1.53. The van der Waals surface area contributed by atoms with E-state index in [4.69, 9.17) is 27.9 Å². The lowest BCUT2D eigenvalue weighted by Gasteiger charge is -2.24. The molecule has 6 rings (SSSR count). The van der Waals surface area contributed by atoms with Gasteiger partial charge in [-0.2, -0.15) is 0 Å². The molecule has 2 aromatic heterocycles. The molecule has 1 aliphatic heterocycles. The van der Waals surface area contributed by atoms with Gasteiger partial charge in [0.05, 0.1) is 33.4 Å². The molecule has 5 aromatic rings. The molecule has 0 N–H and O–H groups in total. The van der Waals surface area contributed by atoms with Crippen LogP contribution in [0.3, 0.4) is 0 Å². The van der Waals surface area contributed by atoms with Crippen LogP contribution in [-0.2, 0) is 16.1 Å². The Hall–Kier alpha value is -4.51. The van der Waals surface area contributed by atoms with E-state index in [1.165, 1.54) is 22.0 Å². The van der Waals surface area contributed by atoms with E-state index in [0.29, 0.717) is 42.7 Å². The average molecular weight is 662 g/mol. The van der Waals surface area contributed by atoms with Crippen LogP contribution in [0.2, 0.25) is 10.0 Å². The number of nitro groups is 1. The second kappa shape index (κ2) is 12.1. The fourth-order valence-electron chi connectivity index (χ4n) is 5.60. The highest BCUT2D eigenvalue weighted by atomic mass is 35.5. The van der Waals surface area contributed by atoms with Gasteiger partial charge >= 0.3 is 5.97 Å². The minimum Gasteiger partial charge on any atom is -0.463 e. The van der Waals surface area contributed by atoms with Crippen LogP contribution in [-0.4, -0.2) is 26.6 Å². The molecule has 0 radical (unpaired) electrons. The molecule has 3 aromatic carbocycles. The highest BCUT2D eigenvalue weighted by Gasteiger charge is 2.34. The molecule has 9 nitrogen and oxygen atoms in total. The predicted molar refractivity (Wildman–Crippen MR) is 176 cm³/mol. The van der Waals surface area contributed by atoms with Crippen molar-refractivity contribution in [2.75, 3.05) is 6.61 Å². The Labute approximate surface area is 271 Å². The quantitative estimate of drug-likeness (QED) is 0.115.